The zero-order chi connectivity index (χ0) is 20.9. The fourth-order valence-corrected chi connectivity index (χ4v) is 2.84. The molecule has 0 saturated heterocycles. The molecule has 0 bridgehead atoms. The minimum atomic E-state index is -4.45. The number of hydrogen-bond acceptors (Lipinski definition) is 2. The van der Waals surface area contributed by atoms with Crippen LogP contribution in [0, 0.1) is 6.92 Å². The van der Waals surface area contributed by atoms with Gasteiger partial charge in [-0.2, -0.15) is 13.2 Å². The van der Waals surface area contributed by atoms with Crippen LogP contribution >= 0.6 is 15.9 Å². The summed E-state index contributed by atoms with van der Waals surface area (Å²) in [6.45, 7) is 1.65. The van der Waals surface area contributed by atoms with Gasteiger partial charge >= 0.3 is 6.18 Å². The maximum absolute atomic E-state index is 12.7. The number of carbonyl (C=O) groups excluding carboxylic acids is 2. The van der Waals surface area contributed by atoms with Gasteiger partial charge in [0.1, 0.15) is 0 Å². The van der Waals surface area contributed by atoms with Gasteiger partial charge < -0.3 is 10.2 Å². The van der Waals surface area contributed by atoms with Crippen molar-refractivity contribution in [3.05, 3.63) is 69.7 Å². The fraction of sp³-hybridized carbons (Fsp3) is 0.200. The second-order valence-electron chi connectivity index (χ2n) is 6.16. The number of rotatable bonds is 5. The number of nitrogens with one attached hydrogen (secondary N) is 1. The quantitative estimate of drug-likeness (QED) is 0.654. The number of aryl methyl sites for hydroxylation is 1. The first kappa shape index (κ1) is 21.7. The highest BCUT2D eigenvalue weighted by Gasteiger charge is 2.30. The van der Waals surface area contributed by atoms with E-state index < -0.39 is 17.6 Å². The van der Waals surface area contributed by atoms with E-state index in [9.17, 15) is 22.8 Å². The highest BCUT2D eigenvalue weighted by Crippen LogP contribution is 2.29. The van der Waals surface area contributed by atoms with Gasteiger partial charge in [-0.15, -0.1) is 0 Å². The van der Waals surface area contributed by atoms with Gasteiger partial charge in [0.05, 0.1) is 12.1 Å². The van der Waals surface area contributed by atoms with E-state index in [1.165, 1.54) is 30.2 Å². The standard InChI is InChI=1S/C20H18BrF3N2O2/c1-13-10-16(21)7-8-17(13)25-18(27)12-26(2)19(28)9-6-14-4-3-5-15(11-14)20(22,23)24/h3-11H,12H2,1-2H3,(H,25,27)/b9-6+. The molecule has 0 heterocycles. The van der Waals surface area contributed by atoms with Crippen LogP contribution in [0.2, 0.25) is 0 Å². The van der Waals surface area contributed by atoms with Crippen LogP contribution in [0.1, 0.15) is 16.7 Å². The average Bonchev–Trinajstić information content (AvgIpc) is 2.61. The molecule has 1 N–H and O–H groups in total. The monoisotopic (exact) mass is 454 g/mol. The van der Waals surface area contributed by atoms with Crippen molar-refractivity contribution < 1.29 is 22.8 Å². The number of benzene rings is 2. The Morgan fingerprint density at radius 1 is 1.18 bits per heavy atom. The molecular weight excluding hydrogens is 437 g/mol. The van der Waals surface area contributed by atoms with E-state index in [2.05, 4.69) is 21.2 Å². The molecule has 0 aliphatic heterocycles. The van der Waals surface area contributed by atoms with Crippen LogP contribution in [0.3, 0.4) is 0 Å². The van der Waals surface area contributed by atoms with Crippen molar-refractivity contribution in [1.82, 2.24) is 4.90 Å². The lowest BCUT2D eigenvalue weighted by molar-refractivity contribution is -0.137. The number of likely N-dealkylation sites (N-methyl/N-ethyl adjacent to an activating group) is 1. The zero-order valence-electron chi connectivity index (χ0n) is 15.2. The third kappa shape index (κ3) is 6.23. The van der Waals surface area contributed by atoms with Gasteiger partial charge in [0.15, 0.2) is 0 Å². The van der Waals surface area contributed by atoms with E-state index in [1.807, 2.05) is 13.0 Å². The Morgan fingerprint density at radius 3 is 2.54 bits per heavy atom. The molecule has 4 nitrogen and oxygen atoms in total. The summed E-state index contributed by atoms with van der Waals surface area (Å²) in [5.74, 6) is -0.881. The van der Waals surface area contributed by atoms with E-state index in [-0.39, 0.29) is 18.0 Å². The maximum Gasteiger partial charge on any atom is 0.416 e. The second kappa shape index (κ2) is 9.05. The van der Waals surface area contributed by atoms with Crippen LogP contribution in [0.15, 0.2) is 53.0 Å². The van der Waals surface area contributed by atoms with Gasteiger partial charge in [-0.05, 0) is 54.5 Å². The molecule has 148 valence electrons. The number of carbonyl (C=O) groups is 2. The van der Waals surface area contributed by atoms with Gasteiger partial charge in [-0.25, -0.2) is 0 Å². The second-order valence-corrected chi connectivity index (χ2v) is 7.07. The molecule has 2 aromatic carbocycles. The Morgan fingerprint density at radius 2 is 1.89 bits per heavy atom. The predicted octanol–water partition coefficient (Wildman–Crippen LogP) is 4.89. The van der Waals surface area contributed by atoms with Gasteiger partial charge in [0.2, 0.25) is 11.8 Å². The number of alkyl halides is 3. The first-order chi connectivity index (χ1) is 13.1. The smallest absolute Gasteiger partial charge is 0.333 e. The number of nitrogens with zero attached hydrogens (tertiary/aromatic N) is 1. The molecular formula is C20H18BrF3N2O2. The lowest BCUT2D eigenvalue weighted by Crippen LogP contribution is -2.34. The normalized spacial score (nSPS) is 11.5. The number of anilines is 1. The highest BCUT2D eigenvalue weighted by molar-refractivity contribution is 9.10. The summed E-state index contributed by atoms with van der Waals surface area (Å²) in [4.78, 5) is 25.4. The minimum absolute atomic E-state index is 0.193. The van der Waals surface area contributed by atoms with Gasteiger partial charge in [0, 0.05) is 23.3 Å². The number of halogens is 4. The molecule has 0 unspecified atom stereocenters. The molecule has 0 fully saturated rings. The van der Waals surface area contributed by atoms with Crippen LogP contribution in [0.5, 0.6) is 0 Å². The van der Waals surface area contributed by atoms with Crippen LogP contribution in [0.25, 0.3) is 6.08 Å². The Labute approximate surface area is 169 Å². The van der Waals surface area contributed by atoms with Crippen molar-refractivity contribution in [2.45, 2.75) is 13.1 Å². The number of amides is 2. The first-order valence-electron chi connectivity index (χ1n) is 8.22. The Bertz CT molecular complexity index is 911. The lowest BCUT2D eigenvalue weighted by atomic mass is 10.1. The van der Waals surface area contributed by atoms with Crippen LogP contribution in [0.4, 0.5) is 18.9 Å². The predicted molar refractivity (Wildman–Crippen MR) is 106 cm³/mol. The molecule has 0 aromatic heterocycles. The molecule has 0 spiro atoms. The van der Waals surface area contributed by atoms with E-state index >= 15 is 0 Å². The summed E-state index contributed by atoms with van der Waals surface area (Å²) >= 11 is 3.34. The fourth-order valence-electron chi connectivity index (χ4n) is 2.36. The van der Waals surface area contributed by atoms with Crippen molar-refractivity contribution in [3.8, 4) is 0 Å². The van der Waals surface area contributed by atoms with Crippen molar-refractivity contribution in [2.75, 3.05) is 18.9 Å². The summed E-state index contributed by atoms with van der Waals surface area (Å²) in [6.07, 6.45) is -2.04. The first-order valence-corrected chi connectivity index (χ1v) is 9.02. The van der Waals surface area contributed by atoms with E-state index in [4.69, 9.17) is 0 Å². The summed E-state index contributed by atoms with van der Waals surface area (Å²) < 4.78 is 39.0. The van der Waals surface area contributed by atoms with Gasteiger partial charge in [-0.3, -0.25) is 9.59 Å². The van der Waals surface area contributed by atoms with Crippen LogP contribution in [-0.4, -0.2) is 30.3 Å². The summed E-state index contributed by atoms with van der Waals surface area (Å²) in [5, 5.41) is 2.72. The molecule has 0 radical (unpaired) electrons. The lowest BCUT2D eigenvalue weighted by Gasteiger charge is -2.15. The molecule has 0 atom stereocenters. The topological polar surface area (TPSA) is 49.4 Å². The maximum atomic E-state index is 12.7. The average molecular weight is 455 g/mol. The molecule has 0 aliphatic rings. The Kier molecular flexibility index (Phi) is 7.01. The summed E-state index contributed by atoms with van der Waals surface area (Å²) in [6, 6.07) is 10.0. The minimum Gasteiger partial charge on any atom is -0.333 e. The molecule has 2 rings (SSSR count). The number of hydrogen-bond donors (Lipinski definition) is 1. The van der Waals surface area contributed by atoms with Crippen molar-refractivity contribution >= 4 is 39.5 Å². The molecule has 2 aromatic rings. The summed E-state index contributed by atoms with van der Waals surface area (Å²) in [7, 11) is 1.44. The third-order valence-electron chi connectivity index (χ3n) is 3.85. The molecule has 2 amide bonds. The van der Waals surface area contributed by atoms with E-state index in [0.717, 1.165) is 28.2 Å². The third-order valence-corrected chi connectivity index (χ3v) is 4.35. The van der Waals surface area contributed by atoms with E-state index in [1.54, 1.807) is 12.1 Å². The summed E-state index contributed by atoms with van der Waals surface area (Å²) in [5.41, 5.74) is 0.945. The zero-order valence-corrected chi connectivity index (χ0v) is 16.8. The van der Waals surface area contributed by atoms with Crippen LogP contribution < -0.4 is 5.32 Å². The van der Waals surface area contributed by atoms with Crippen molar-refractivity contribution in [1.29, 1.82) is 0 Å². The molecule has 8 heteroatoms. The van der Waals surface area contributed by atoms with E-state index in [0.29, 0.717) is 5.69 Å². The Hall–Kier alpha value is -2.61. The SMILES string of the molecule is Cc1cc(Br)ccc1NC(=O)CN(C)C(=O)/C=C/c1cccc(C(F)(F)F)c1. The largest absolute Gasteiger partial charge is 0.416 e. The Balaban J connectivity index is 1.97. The van der Waals surface area contributed by atoms with Gasteiger partial charge in [-0.1, -0.05) is 28.1 Å². The molecule has 28 heavy (non-hydrogen) atoms. The molecule has 0 aliphatic carbocycles. The molecule has 0 saturated carbocycles. The van der Waals surface area contributed by atoms with Crippen molar-refractivity contribution in [3.63, 3.8) is 0 Å². The van der Waals surface area contributed by atoms with Gasteiger partial charge in [0.25, 0.3) is 0 Å². The van der Waals surface area contributed by atoms with Crippen molar-refractivity contribution in [2.24, 2.45) is 0 Å². The highest BCUT2D eigenvalue weighted by atomic mass is 79.9. The van der Waals surface area contributed by atoms with Crippen LogP contribution in [-0.2, 0) is 15.8 Å².